The second-order valence-corrected chi connectivity index (χ2v) is 4.96. The number of hydrogen-bond acceptors (Lipinski definition) is 2. The summed E-state index contributed by atoms with van der Waals surface area (Å²) >= 11 is 0. The predicted octanol–water partition coefficient (Wildman–Crippen LogP) is 2.98. The van der Waals surface area contributed by atoms with E-state index in [-0.39, 0.29) is 6.61 Å². The normalized spacial score (nSPS) is 22.3. The number of aliphatic hydroxyl groups excluding tert-OH is 1. The summed E-state index contributed by atoms with van der Waals surface area (Å²) in [5.41, 5.74) is 2.81. The molecule has 1 atom stereocenters. The van der Waals surface area contributed by atoms with Gasteiger partial charge < -0.3 is 10.4 Å². The zero-order valence-corrected chi connectivity index (χ0v) is 10.9. The summed E-state index contributed by atoms with van der Waals surface area (Å²) in [6.07, 6.45) is 8.21. The quantitative estimate of drug-likeness (QED) is 0.782. The Morgan fingerprint density at radius 1 is 1.22 bits per heavy atom. The van der Waals surface area contributed by atoms with Gasteiger partial charge in [0.05, 0.1) is 0 Å². The fourth-order valence-electron chi connectivity index (χ4n) is 2.56. The molecule has 0 aromatic heterocycles. The number of nitrogens with one attached hydrogen (secondary N) is 1. The number of hydrogen-bond donors (Lipinski definition) is 2. The molecule has 0 amide bonds. The zero-order chi connectivity index (χ0) is 12.6. The molecule has 0 heterocycles. The van der Waals surface area contributed by atoms with Crippen molar-refractivity contribution in [1.82, 2.24) is 5.32 Å². The van der Waals surface area contributed by atoms with Crippen molar-refractivity contribution in [1.29, 1.82) is 0 Å². The van der Waals surface area contributed by atoms with E-state index >= 15 is 0 Å². The van der Waals surface area contributed by atoms with Crippen molar-refractivity contribution in [2.75, 3.05) is 13.2 Å². The maximum Gasteiger partial charge on any atom is 0.0443 e. The molecule has 2 nitrogen and oxygen atoms in total. The molecule has 18 heavy (non-hydrogen) atoms. The molecule has 1 fully saturated rings. The summed E-state index contributed by atoms with van der Waals surface area (Å²) < 4.78 is 0. The third-order valence-electron chi connectivity index (χ3n) is 3.53. The van der Waals surface area contributed by atoms with E-state index in [1.165, 1.54) is 36.8 Å². The van der Waals surface area contributed by atoms with Crippen LogP contribution in [0.4, 0.5) is 0 Å². The van der Waals surface area contributed by atoms with E-state index in [1.807, 2.05) is 0 Å². The van der Waals surface area contributed by atoms with Crippen molar-refractivity contribution >= 4 is 6.08 Å². The summed E-state index contributed by atoms with van der Waals surface area (Å²) in [5, 5.41) is 12.4. The summed E-state index contributed by atoms with van der Waals surface area (Å²) in [6, 6.07) is 11.1. The van der Waals surface area contributed by atoms with Crippen molar-refractivity contribution in [3.8, 4) is 0 Å². The Hall–Kier alpha value is -1.12. The smallest absolute Gasteiger partial charge is 0.0443 e. The lowest BCUT2D eigenvalue weighted by molar-refractivity contribution is 0.282. The van der Waals surface area contributed by atoms with E-state index in [4.69, 9.17) is 5.11 Å². The van der Waals surface area contributed by atoms with E-state index in [0.717, 1.165) is 13.0 Å². The average Bonchev–Trinajstić information content (AvgIpc) is 2.42. The highest BCUT2D eigenvalue weighted by Gasteiger charge is 2.17. The second kappa shape index (κ2) is 7.34. The molecule has 1 unspecified atom stereocenters. The van der Waals surface area contributed by atoms with Crippen LogP contribution in [0.15, 0.2) is 35.9 Å². The fourth-order valence-corrected chi connectivity index (χ4v) is 2.56. The highest BCUT2D eigenvalue weighted by molar-refractivity contribution is 5.54. The van der Waals surface area contributed by atoms with Gasteiger partial charge in [-0.25, -0.2) is 0 Å². The van der Waals surface area contributed by atoms with Crippen LogP contribution < -0.4 is 5.32 Å². The van der Waals surface area contributed by atoms with Crippen LogP contribution in [0, 0.1) is 0 Å². The van der Waals surface area contributed by atoms with E-state index in [1.54, 1.807) is 0 Å². The van der Waals surface area contributed by atoms with E-state index < -0.39 is 0 Å². The van der Waals surface area contributed by atoms with Gasteiger partial charge in [0.2, 0.25) is 0 Å². The van der Waals surface area contributed by atoms with E-state index in [2.05, 4.69) is 41.7 Å². The number of aliphatic hydroxyl groups is 1. The van der Waals surface area contributed by atoms with Gasteiger partial charge in [0.1, 0.15) is 0 Å². The van der Waals surface area contributed by atoms with Crippen molar-refractivity contribution < 1.29 is 5.11 Å². The molecule has 2 N–H and O–H groups in total. The van der Waals surface area contributed by atoms with Crippen molar-refractivity contribution in [2.24, 2.45) is 0 Å². The Morgan fingerprint density at radius 2 is 2.06 bits per heavy atom. The van der Waals surface area contributed by atoms with Crippen LogP contribution in [0.1, 0.15) is 37.7 Å². The topological polar surface area (TPSA) is 32.3 Å². The first-order valence-electron chi connectivity index (χ1n) is 7.00. The summed E-state index contributed by atoms with van der Waals surface area (Å²) in [6.45, 7) is 1.19. The van der Waals surface area contributed by atoms with Crippen LogP contribution >= 0.6 is 0 Å². The van der Waals surface area contributed by atoms with Gasteiger partial charge in [-0.3, -0.25) is 0 Å². The predicted molar refractivity (Wildman–Crippen MR) is 76.4 cm³/mol. The molecule has 0 saturated heterocycles. The minimum Gasteiger partial charge on any atom is -0.396 e. The lowest BCUT2D eigenvalue weighted by Crippen LogP contribution is -2.34. The maximum absolute atomic E-state index is 8.84. The Balaban J connectivity index is 2.01. The highest BCUT2D eigenvalue weighted by atomic mass is 16.3. The minimum absolute atomic E-state index is 0.275. The lowest BCUT2D eigenvalue weighted by atomic mass is 9.88. The standard InChI is InChI=1S/C16H23NO/c18-12-6-11-17-16-10-5-4-9-15(16)13-14-7-2-1-3-8-14/h1-3,7-8,13,16-18H,4-6,9-12H2/b15-13+. The van der Waals surface area contributed by atoms with Gasteiger partial charge >= 0.3 is 0 Å². The molecule has 0 aliphatic heterocycles. The Morgan fingerprint density at radius 3 is 2.83 bits per heavy atom. The van der Waals surface area contributed by atoms with Gasteiger partial charge in [-0.05, 0) is 37.8 Å². The van der Waals surface area contributed by atoms with E-state index in [0.29, 0.717) is 6.04 Å². The molecule has 0 radical (unpaired) electrons. The SMILES string of the molecule is OCCCNC1CCCC/C1=C\c1ccccc1. The van der Waals surface area contributed by atoms with Gasteiger partial charge in [0, 0.05) is 12.6 Å². The largest absolute Gasteiger partial charge is 0.396 e. The fraction of sp³-hybridized carbons (Fsp3) is 0.500. The van der Waals surface area contributed by atoms with Crippen LogP contribution in [0.3, 0.4) is 0 Å². The zero-order valence-electron chi connectivity index (χ0n) is 10.9. The van der Waals surface area contributed by atoms with Gasteiger partial charge in [-0.15, -0.1) is 0 Å². The molecule has 98 valence electrons. The first-order chi connectivity index (χ1) is 8.90. The van der Waals surface area contributed by atoms with Crippen molar-refractivity contribution in [2.45, 2.75) is 38.1 Å². The van der Waals surface area contributed by atoms with Gasteiger partial charge in [-0.1, -0.05) is 48.4 Å². The van der Waals surface area contributed by atoms with Gasteiger partial charge in [0.15, 0.2) is 0 Å². The summed E-state index contributed by atoms with van der Waals surface area (Å²) in [7, 11) is 0. The molecule has 1 aliphatic carbocycles. The minimum atomic E-state index is 0.275. The third-order valence-corrected chi connectivity index (χ3v) is 3.53. The Kier molecular flexibility index (Phi) is 5.43. The highest BCUT2D eigenvalue weighted by Crippen LogP contribution is 2.25. The summed E-state index contributed by atoms with van der Waals surface area (Å²) in [4.78, 5) is 0. The molecule has 0 spiro atoms. The van der Waals surface area contributed by atoms with Crippen molar-refractivity contribution in [3.05, 3.63) is 41.5 Å². The van der Waals surface area contributed by atoms with Crippen LogP contribution in [0.2, 0.25) is 0 Å². The first kappa shape index (κ1) is 13.3. The number of benzene rings is 1. The first-order valence-corrected chi connectivity index (χ1v) is 7.00. The molecule has 2 heteroatoms. The van der Waals surface area contributed by atoms with Gasteiger partial charge in [0.25, 0.3) is 0 Å². The van der Waals surface area contributed by atoms with E-state index in [9.17, 15) is 0 Å². The molecule has 1 aromatic rings. The molecule has 1 aromatic carbocycles. The van der Waals surface area contributed by atoms with Crippen LogP contribution in [-0.4, -0.2) is 24.3 Å². The summed E-state index contributed by atoms with van der Waals surface area (Å²) in [5.74, 6) is 0. The average molecular weight is 245 g/mol. The van der Waals surface area contributed by atoms with Crippen LogP contribution in [-0.2, 0) is 0 Å². The molecule has 1 aliphatic rings. The van der Waals surface area contributed by atoms with Crippen molar-refractivity contribution in [3.63, 3.8) is 0 Å². The maximum atomic E-state index is 8.84. The second-order valence-electron chi connectivity index (χ2n) is 4.96. The molecular formula is C16H23NO. The monoisotopic (exact) mass is 245 g/mol. The van der Waals surface area contributed by atoms with Crippen LogP contribution in [0.5, 0.6) is 0 Å². The molecule has 1 saturated carbocycles. The Labute approximate surface area is 110 Å². The molecule has 0 bridgehead atoms. The Bertz CT molecular complexity index is 372. The molecule has 2 rings (SSSR count). The third kappa shape index (κ3) is 3.97. The van der Waals surface area contributed by atoms with Crippen LogP contribution in [0.25, 0.3) is 6.08 Å². The molecular weight excluding hydrogens is 222 g/mol. The lowest BCUT2D eigenvalue weighted by Gasteiger charge is -2.26. The van der Waals surface area contributed by atoms with Gasteiger partial charge in [-0.2, -0.15) is 0 Å². The number of rotatable bonds is 5.